The van der Waals surface area contributed by atoms with Crippen molar-refractivity contribution in [3.05, 3.63) is 65.5 Å². The van der Waals surface area contributed by atoms with E-state index in [9.17, 15) is 9.18 Å². The second kappa shape index (κ2) is 8.12. The number of ether oxygens (including phenoxy) is 1. The average molecular weight is 343 g/mol. The summed E-state index contributed by atoms with van der Waals surface area (Å²) < 4.78 is 18.7. The van der Waals surface area contributed by atoms with Crippen LogP contribution in [0.1, 0.15) is 24.0 Å². The van der Waals surface area contributed by atoms with Gasteiger partial charge in [-0.25, -0.2) is 4.39 Å². The average Bonchev–Trinajstić information content (AvgIpc) is 3.01. The molecule has 132 valence electrons. The third kappa shape index (κ3) is 5.29. The zero-order valence-corrected chi connectivity index (χ0v) is 14.0. The molecule has 0 radical (unpaired) electrons. The Morgan fingerprint density at radius 2 is 2.00 bits per heavy atom. The van der Waals surface area contributed by atoms with Crippen LogP contribution in [0.25, 0.3) is 0 Å². The predicted molar refractivity (Wildman–Crippen MR) is 92.8 cm³/mol. The van der Waals surface area contributed by atoms with E-state index in [1.807, 2.05) is 18.2 Å². The quantitative estimate of drug-likeness (QED) is 0.833. The van der Waals surface area contributed by atoms with Crippen molar-refractivity contribution in [1.82, 2.24) is 4.90 Å². The van der Waals surface area contributed by atoms with Crippen molar-refractivity contribution in [3.63, 3.8) is 0 Å². The van der Waals surface area contributed by atoms with Gasteiger partial charge in [-0.2, -0.15) is 0 Å². The Morgan fingerprint density at radius 3 is 2.76 bits per heavy atom. The number of benzene rings is 2. The summed E-state index contributed by atoms with van der Waals surface area (Å²) in [5.41, 5.74) is 2.07. The summed E-state index contributed by atoms with van der Waals surface area (Å²) in [5.74, 6) is 0.0547. The maximum atomic E-state index is 12.9. The first-order valence-corrected chi connectivity index (χ1v) is 8.49. The minimum Gasteiger partial charge on any atom is -0.489 e. The molecule has 0 aromatic heterocycles. The number of hydrogen-bond acceptors (Lipinski definition) is 3. The Kier molecular flexibility index (Phi) is 5.66. The van der Waals surface area contributed by atoms with Crippen LogP contribution in [0, 0.1) is 11.7 Å². The van der Waals surface area contributed by atoms with E-state index >= 15 is 0 Å². The van der Waals surface area contributed by atoms with Crippen LogP contribution in [-0.2, 0) is 17.9 Å². The molecule has 1 aliphatic rings. The van der Waals surface area contributed by atoms with Crippen LogP contribution in [0.5, 0.6) is 5.75 Å². The molecule has 5 heteroatoms. The minimum atomic E-state index is -0.719. The van der Waals surface area contributed by atoms with Gasteiger partial charge in [0.25, 0.3) is 0 Å². The molecule has 1 atom stereocenters. The van der Waals surface area contributed by atoms with Crippen molar-refractivity contribution >= 4 is 5.97 Å². The number of rotatable bonds is 7. The molecular weight excluding hydrogens is 321 g/mol. The van der Waals surface area contributed by atoms with Gasteiger partial charge < -0.3 is 9.84 Å². The van der Waals surface area contributed by atoms with Crippen LogP contribution < -0.4 is 4.74 Å². The Hall–Kier alpha value is -2.40. The monoisotopic (exact) mass is 343 g/mol. The van der Waals surface area contributed by atoms with Gasteiger partial charge in [-0.05, 0) is 54.3 Å². The van der Waals surface area contributed by atoms with Gasteiger partial charge in [-0.15, -0.1) is 0 Å². The lowest BCUT2D eigenvalue weighted by Gasteiger charge is -2.16. The molecule has 1 aliphatic heterocycles. The van der Waals surface area contributed by atoms with Crippen molar-refractivity contribution in [1.29, 1.82) is 0 Å². The van der Waals surface area contributed by atoms with Crippen LogP contribution in [0.2, 0.25) is 0 Å². The summed E-state index contributed by atoms with van der Waals surface area (Å²) in [5, 5.41) is 8.90. The highest BCUT2D eigenvalue weighted by atomic mass is 19.1. The minimum absolute atomic E-state index is 0.246. The van der Waals surface area contributed by atoms with Crippen molar-refractivity contribution in [2.24, 2.45) is 5.92 Å². The molecule has 1 fully saturated rings. The first kappa shape index (κ1) is 17.4. The molecule has 1 unspecified atom stereocenters. The standard InChI is InChI=1S/C20H22FNO3/c21-18-6-4-15(5-7-18)14-25-19-3-1-2-16(10-19)12-22-9-8-17(13-22)11-20(23)24/h1-7,10,17H,8-9,11-14H2,(H,23,24). The largest absolute Gasteiger partial charge is 0.489 e. The van der Waals surface area contributed by atoms with E-state index in [0.29, 0.717) is 6.61 Å². The molecule has 3 rings (SSSR count). The third-order valence-electron chi connectivity index (χ3n) is 4.46. The smallest absolute Gasteiger partial charge is 0.303 e. The molecule has 2 aromatic rings. The Labute approximate surface area is 146 Å². The first-order chi connectivity index (χ1) is 12.1. The van der Waals surface area contributed by atoms with Crippen LogP contribution >= 0.6 is 0 Å². The van der Waals surface area contributed by atoms with Gasteiger partial charge in [0.1, 0.15) is 18.2 Å². The van der Waals surface area contributed by atoms with Gasteiger partial charge in [0.05, 0.1) is 0 Å². The normalized spacial score (nSPS) is 17.6. The zero-order valence-electron chi connectivity index (χ0n) is 14.0. The van der Waals surface area contributed by atoms with E-state index in [4.69, 9.17) is 9.84 Å². The lowest BCUT2D eigenvalue weighted by atomic mass is 10.1. The molecular formula is C20H22FNO3. The van der Waals surface area contributed by atoms with E-state index in [1.165, 1.54) is 12.1 Å². The molecule has 1 heterocycles. The molecule has 0 saturated carbocycles. The fourth-order valence-electron chi connectivity index (χ4n) is 3.21. The van der Waals surface area contributed by atoms with Gasteiger partial charge in [-0.1, -0.05) is 24.3 Å². The summed E-state index contributed by atoms with van der Waals surface area (Å²) in [4.78, 5) is 13.1. The molecule has 1 N–H and O–H groups in total. The Morgan fingerprint density at radius 1 is 1.20 bits per heavy atom. The van der Waals surface area contributed by atoms with Crippen LogP contribution in [-0.4, -0.2) is 29.1 Å². The van der Waals surface area contributed by atoms with Crippen molar-refractivity contribution < 1.29 is 19.0 Å². The number of halogens is 1. The van der Waals surface area contributed by atoms with Gasteiger partial charge >= 0.3 is 5.97 Å². The second-order valence-electron chi connectivity index (χ2n) is 6.55. The number of aliphatic carboxylic acids is 1. The number of hydrogen-bond donors (Lipinski definition) is 1. The van der Waals surface area contributed by atoms with Crippen LogP contribution in [0.15, 0.2) is 48.5 Å². The molecule has 0 amide bonds. The maximum absolute atomic E-state index is 12.9. The molecule has 2 aromatic carbocycles. The fraction of sp³-hybridized carbons (Fsp3) is 0.350. The number of carbonyl (C=O) groups is 1. The molecule has 0 aliphatic carbocycles. The summed E-state index contributed by atoms with van der Waals surface area (Å²) >= 11 is 0. The van der Waals surface area contributed by atoms with E-state index in [0.717, 1.165) is 42.9 Å². The van der Waals surface area contributed by atoms with Gasteiger partial charge in [-0.3, -0.25) is 9.69 Å². The summed E-state index contributed by atoms with van der Waals surface area (Å²) in [6.45, 7) is 2.95. The number of nitrogens with zero attached hydrogens (tertiary/aromatic N) is 1. The highest BCUT2D eigenvalue weighted by Gasteiger charge is 2.24. The Bertz CT molecular complexity index is 717. The summed E-state index contributed by atoms with van der Waals surface area (Å²) in [6, 6.07) is 14.2. The number of likely N-dealkylation sites (tertiary alicyclic amines) is 1. The maximum Gasteiger partial charge on any atom is 0.303 e. The van der Waals surface area contributed by atoms with Crippen molar-refractivity contribution in [2.75, 3.05) is 13.1 Å². The van der Waals surface area contributed by atoms with E-state index in [-0.39, 0.29) is 18.2 Å². The van der Waals surface area contributed by atoms with E-state index < -0.39 is 5.97 Å². The Balaban J connectivity index is 1.53. The van der Waals surface area contributed by atoms with Gasteiger partial charge in [0.15, 0.2) is 0 Å². The van der Waals surface area contributed by atoms with Crippen LogP contribution in [0.3, 0.4) is 0 Å². The number of carboxylic acids is 1. The van der Waals surface area contributed by atoms with Gasteiger partial charge in [0, 0.05) is 19.5 Å². The van der Waals surface area contributed by atoms with E-state index in [1.54, 1.807) is 12.1 Å². The molecule has 0 spiro atoms. The van der Waals surface area contributed by atoms with Crippen molar-refractivity contribution in [2.45, 2.75) is 26.0 Å². The van der Waals surface area contributed by atoms with Crippen LogP contribution in [0.4, 0.5) is 4.39 Å². The second-order valence-corrected chi connectivity index (χ2v) is 6.55. The van der Waals surface area contributed by atoms with Gasteiger partial charge in [0.2, 0.25) is 0 Å². The lowest BCUT2D eigenvalue weighted by Crippen LogP contribution is -2.20. The predicted octanol–water partition coefficient (Wildman–Crippen LogP) is 3.70. The molecule has 1 saturated heterocycles. The topological polar surface area (TPSA) is 49.8 Å². The fourth-order valence-corrected chi connectivity index (χ4v) is 3.21. The highest BCUT2D eigenvalue weighted by molar-refractivity contribution is 5.67. The summed E-state index contributed by atoms with van der Waals surface area (Å²) in [7, 11) is 0. The zero-order chi connectivity index (χ0) is 17.6. The molecule has 0 bridgehead atoms. The SMILES string of the molecule is O=C(O)CC1CCN(Cc2cccc(OCc3ccc(F)cc3)c2)C1. The summed E-state index contributed by atoms with van der Waals surface area (Å²) in [6.07, 6.45) is 1.18. The highest BCUT2D eigenvalue weighted by Crippen LogP contribution is 2.23. The molecule has 25 heavy (non-hydrogen) atoms. The van der Waals surface area contributed by atoms with Crippen molar-refractivity contribution in [3.8, 4) is 5.75 Å². The lowest BCUT2D eigenvalue weighted by molar-refractivity contribution is -0.138. The molecule has 4 nitrogen and oxygen atoms in total. The van der Waals surface area contributed by atoms with E-state index in [2.05, 4.69) is 11.0 Å². The third-order valence-corrected chi connectivity index (χ3v) is 4.46. The number of carboxylic acid groups (broad SMARTS) is 1. The first-order valence-electron chi connectivity index (χ1n) is 8.49.